The molecule has 2 amide bonds. The Morgan fingerprint density at radius 1 is 1.32 bits per heavy atom. The number of nitrogens with zero attached hydrogens (tertiary/aromatic N) is 1. The summed E-state index contributed by atoms with van der Waals surface area (Å²) in [5.41, 5.74) is 2.40. The molecular formula is C20H23N3O4S. The van der Waals surface area contributed by atoms with Crippen LogP contribution < -0.4 is 10.6 Å². The van der Waals surface area contributed by atoms with Gasteiger partial charge in [0.05, 0.1) is 12.0 Å². The molecule has 3 N–H and O–H groups in total. The summed E-state index contributed by atoms with van der Waals surface area (Å²) < 4.78 is 0. The second-order valence-electron chi connectivity index (χ2n) is 7.04. The largest absolute Gasteiger partial charge is 0.481 e. The quantitative estimate of drug-likeness (QED) is 0.661. The minimum absolute atomic E-state index is 0.120. The predicted octanol–water partition coefficient (Wildman–Crippen LogP) is 3.00. The Morgan fingerprint density at radius 3 is 2.86 bits per heavy atom. The number of carboxylic acids is 1. The van der Waals surface area contributed by atoms with Crippen molar-refractivity contribution in [3.63, 3.8) is 0 Å². The number of carbonyl (C=O) groups is 3. The fourth-order valence-corrected chi connectivity index (χ4v) is 4.69. The normalized spacial score (nSPS) is 15.5. The third-order valence-electron chi connectivity index (χ3n) is 4.73. The lowest BCUT2D eigenvalue weighted by Gasteiger charge is -2.18. The van der Waals surface area contributed by atoms with Crippen LogP contribution in [0.2, 0.25) is 0 Å². The molecule has 0 radical (unpaired) electrons. The van der Waals surface area contributed by atoms with Crippen LogP contribution in [-0.2, 0) is 29.0 Å². The molecule has 0 saturated carbocycles. The van der Waals surface area contributed by atoms with Gasteiger partial charge in [0, 0.05) is 30.2 Å². The molecule has 0 spiro atoms. The van der Waals surface area contributed by atoms with Gasteiger partial charge < -0.3 is 15.7 Å². The first-order chi connectivity index (χ1) is 13.4. The van der Waals surface area contributed by atoms with Gasteiger partial charge in [-0.1, -0.05) is 13.0 Å². The third-order valence-corrected chi connectivity index (χ3v) is 5.90. The van der Waals surface area contributed by atoms with Gasteiger partial charge in [0.25, 0.3) is 5.91 Å². The summed E-state index contributed by atoms with van der Waals surface area (Å²) in [6.45, 7) is 2.52. The highest BCUT2D eigenvalue weighted by Gasteiger charge is 2.28. The summed E-state index contributed by atoms with van der Waals surface area (Å²) in [6.07, 6.45) is 5.69. The molecule has 1 aliphatic rings. The van der Waals surface area contributed by atoms with E-state index in [1.54, 1.807) is 12.4 Å². The number of aliphatic carboxylic acids is 1. The molecule has 0 unspecified atom stereocenters. The van der Waals surface area contributed by atoms with Gasteiger partial charge in [-0.15, -0.1) is 11.3 Å². The number of thiophene rings is 1. The topological polar surface area (TPSA) is 108 Å². The monoisotopic (exact) mass is 401 g/mol. The minimum Gasteiger partial charge on any atom is -0.481 e. The van der Waals surface area contributed by atoms with Gasteiger partial charge >= 0.3 is 5.97 Å². The second-order valence-corrected chi connectivity index (χ2v) is 8.15. The lowest BCUT2D eigenvalue weighted by atomic mass is 9.88. The molecule has 0 aliphatic heterocycles. The molecule has 0 fully saturated rings. The number of rotatable bonds is 7. The summed E-state index contributed by atoms with van der Waals surface area (Å²) in [5, 5.41) is 14.9. The molecule has 8 heteroatoms. The highest BCUT2D eigenvalue weighted by Crippen LogP contribution is 2.39. The Hall–Kier alpha value is -2.74. The van der Waals surface area contributed by atoms with Crippen molar-refractivity contribution in [2.24, 2.45) is 5.92 Å². The number of hydrogen-bond acceptors (Lipinski definition) is 5. The number of fused-ring (bicyclic) bond motifs is 1. The molecule has 2 heterocycles. The number of nitrogens with one attached hydrogen (secondary N) is 2. The van der Waals surface area contributed by atoms with Crippen molar-refractivity contribution in [1.82, 2.24) is 10.3 Å². The van der Waals surface area contributed by atoms with Crippen LogP contribution in [0.15, 0.2) is 24.5 Å². The van der Waals surface area contributed by atoms with E-state index < -0.39 is 11.9 Å². The lowest BCUT2D eigenvalue weighted by molar-refractivity contribution is -0.138. The molecule has 148 valence electrons. The van der Waals surface area contributed by atoms with E-state index >= 15 is 0 Å². The summed E-state index contributed by atoms with van der Waals surface area (Å²) in [5.74, 6) is -1.11. The maximum absolute atomic E-state index is 12.9. The zero-order valence-electron chi connectivity index (χ0n) is 15.7. The molecule has 0 bridgehead atoms. The Kier molecular flexibility index (Phi) is 6.41. The van der Waals surface area contributed by atoms with Crippen molar-refractivity contribution in [3.8, 4) is 0 Å². The highest BCUT2D eigenvalue weighted by molar-refractivity contribution is 7.17. The van der Waals surface area contributed by atoms with Gasteiger partial charge in [-0.05, 0) is 42.4 Å². The first-order valence-electron chi connectivity index (χ1n) is 9.27. The molecule has 2 aromatic heterocycles. The first-order valence-corrected chi connectivity index (χ1v) is 10.1. The van der Waals surface area contributed by atoms with Gasteiger partial charge in [-0.3, -0.25) is 19.4 Å². The van der Waals surface area contributed by atoms with Crippen LogP contribution in [0.1, 0.15) is 52.5 Å². The fraction of sp³-hybridized carbons (Fsp3) is 0.400. The smallest absolute Gasteiger partial charge is 0.303 e. The lowest BCUT2D eigenvalue weighted by Crippen LogP contribution is -2.26. The molecule has 1 aliphatic carbocycles. The maximum Gasteiger partial charge on any atom is 0.303 e. The number of amides is 2. The van der Waals surface area contributed by atoms with Crippen molar-refractivity contribution in [2.75, 3.05) is 5.32 Å². The molecule has 3 rings (SSSR count). The fourth-order valence-electron chi connectivity index (χ4n) is 3.26. The van der Waals surface area contributed by atoms with Crippen molar-refractivity contribution >= 4 is 34.1 Å². The van der Waals surface area contributed by atoms with E-state index in [0.717, 1.165) is 35.3 Å². The SMILES string of the molecule is C[C@@H]1CCc2c(sc(NC(=O)CCC(=O)O)c2C(=O)NCc2cccnc2)C1. The van der Waals surface area contributed by atoms with Crippen LogP contribution in [0, 0.1) is 5.92 Å². The van der Waals surface area contributed by atoms with Gasteiger partial charge in [-0.2, -0.15) is 0 Å². The average Bonchev–Trinajstić information content (AvgIpc) is 3.02. The Morgan fingerprint density at radius 2 is 2.14 bits per heavy atom. The zero-order chi connectivity index (χ0) is 20.1. The molecule has 0 aromatic carbocycles. The van der Waals surface area contributed by atoms with Crippen LogP contribution in [0.3, 0.4) is 0 Å². The number of anilines is 1. The van der Waals surface area contributed by atoms with Gasteiger partial charge in [-0.25, -0.2) is 0 Å². The molecule has 7 nitrogen and oxygen atoms in total. The maximum atomic E-state index is 12.9. The number of carbonyl (C=O) groups excluding carboxylic acids is 2. The molecular weight excluding hydrogens is 378 g/mol. The molecule has 28 heavy (non-hydrogen) atoms. The number of aromatic nitrogens is 1. The Balaban J connectivity index is 1.79. The predicted molar refractivity (Wildman–Crippen MR) is 106 cm³/mol. The Labute approximate surface area is 167 Å². The van der Waals surface area contributed by atoms with E-state index in [4.69, 9.17) is 5.11 Å². The second kappa shape index (κ2) is 8.97. The minimum atomic E-state index is -1.02. The first kappa shape index (κ1) is 20.0. The van der Waals surface area contributed by atoms with Crippen LogP contribution in [-0.4, -0.2) is 27.9 Å². The summed E-state index contributed by atoms with van der Waals surface area (Å²) in [4.78, 5) is 40.9. The molecule has 1 atom stereocenters. The van der Waals surface area contributed by atoms with Gasteiger partial charge in [0.1, 0.15) is 5.00 Å². The van der Waals surface area contributed by atoms with E-state index in [1.165, 1.54) is 11.3 Å². The van der Waals surface area contributed by atoms with Crippen LogP contribution in [0.4, 0.5) is 5.00 Å². The van der Waals surface area contributed by atoms with E-state index in [0.29, 0.717) is 23.0 Å². The number of carboxylic acid groups (broad SMARTS) is 1. The van der Waals surface area contributed by atoms with Gasteiger partial charge in [0.15, 0.2) is 0 Å². The van der Waals surface area contributed by atoms with E-state index in [9.17, 15) is 14.4 Å². The van der Waals surface area contributed by atoms with Crippen LogP contribution >= 0.6 is 11.3 Å². The van der Waals surface area contributed by atoms with Crippen LogP contribution in [0.25, 0.3) is 0 Å². The highest BCUT2D eigenvalue weighted by atomic mass is 32.1. The third kappa shape index (κ3) is 4.95. The van der Waals surface area contributed by atoms with Gasteiger partial charge in [0.2, 0.25) is 5.91 Å². The Bertz CT molecular complexity index is 879. The van der Waals surface area contributed by atoms with E-state index in [-0.39, 0.29) is 18.7 Å². The van der Waals surface area contributed by atoms with Crippen molar-refractivity contribution in [2.45, 2.75) is 45.6 Å². The summed E-state index contributed by atoms with van der Waals surface area (Å²) in [7, 11) is 0. The van der Waals surface area contributed by atoms with Crippen LogP contribution in [0.5, 0.6) is 0 Å². The summed E-state index contributed by atoms with van der Waals surface area (Å²) in [6, 6.07) is 3.69. The zero-order valence-corrected chi connectivity index (χ0v) is 16.5. The molecule has 0 saturated heterocycles. The average molecular weight is 401 g/mol. The van der Waals surface area contributed by atoms with E-state index in [2.05, 4.69) is 22.5 Å². The van der Waals surface area contributed by atoms with Crippen molar-refractivity contribution < 1.29 is 19.5 Å². The van der Waals surface area contributed by atoms with Crippen molar-refractivity contribution in [1.29, 1.82) is 0 Å². The standard InChI is InChI=1S/C20H23N3O4S/c1-12-4-5-14-15(9-12)28-20(23-16(24)6-7-17(25)26)18(14)19(27)22-11-13-3-2-8-21-10-13/h2-3,8,10,12H,4-7,9,11H2,1H3,(H,22,27)(H,23,24)(H,25,26)/t12-/m1/s1. The number of pyridine rings is 1. The summed E-state index contributed by atoms with van der Waals surface area (Å²) >= 11 is 1.43. The van der Waals surface area contributed by atoms with Crippen molar-refractivity contribution in [3.05, 3.63) is 46.1 Å². The molecule has 2 aromatic rings. The van der Waals surface area contributed by atoms with E-state index in [1.807, 2.05) is 12.1 Å². The number of hydrogen-bond donors (Lipinski definition) is 3.